The van der Waals surface area contributed by atoms with Crippen molar-refractivity contribution in [3.05, 3.63) is 15.8 Å². The lowest BCUT2D eigenvalue weighted by atomic mass is 9.98. The molecule has 0 radical (unpaired) electrons. The van der Waals surface area contributed by atoms with Crippen molar-refractivity contribution in [3.63, 3.8) is 0 Å². The van der Waals surface area contributed by atoms with E-state index in [1.807, 2.05) is 13.8 Å². The van der Waals surface area contributed by atoms with E-state index in [-0.39, 0.29) is 0 Å². The first kappa shape index (κ1) is 15.0. The molecule has 2 heterocycles. The van der Waals surface area contributed by atoms with Gasteiger partial charge in [0.25, 0.3) is 0 Å². The Hall–Kier alpha value is -0.430. The van der Waals surface area contributed by atoms with E-state index in [0.717, 1.165) is 35.7 Å². The molecule has 0 spiro atoms. The predicted molar refractivity (Wildman–Crippen MR) is 79.2 cm³/mol. The summed E-state index contributed by atoms with van der Waals surface area (Å²) in [7, 11) is -1.63. The van der Waals surface area contributed by atoms with Crippen LogP contribution in [0, 0.1) is 19.8 Å². The number of rotatable bonds is 4. The third-order valence-corrected chi connectivity index (χ3v) is 6.70. The minimum Gasteiger partial charge on any atom is -0.317 e. The zero-order valence-electron chi connectivity index (χ0n) is 11.8. The van der Waals surface area contributed by atoms with Crippen LogP contribution >= 0.6 is 11.3 Å². The molecule has 1 aliphatic heterocycles. The van der Waals surface area contributed by atoms with Gasteiger partial charge in [-0.25, -0.2) is 12.7 Å². The highest BCUT2D eigenvalue weighted by atomic mass is 32.2. The second-order valence-corrected chi connectivity index (χ2v) is 8.73. The Labute approximate surface area is 119 Å². The normalized spacial score (nSPS) is 18.1. The Morgan fingerprint density at radius 2 is 2.00 bits per heavy atom. The number of piperidine rings is 1. The zero-order valence-corrected chi connectivity index (χ0v) is 13.4. The number of thiophene rings is 1. The number of hydrogen-bond donors (Lipinski definition) is 1. The maximum absolute atomic E-state index is 12.6. The second-order valence-electron chi connectivity index (χ2n) is 5.26. The molecule has 4 nitrogen and oxygen atoms in total. The number of nitrogens with one attached hydrogen (secondary N) is 1. The highest BCUT2D eigenvalue weighted by molar-refractivity contribution is 7.89. The molecular weight excluding hydrogens is 280 g/mol. The Bertz CT molecular complexity index is 531. The Balaban J connectivity index is 2.12. The van der Waals surface area contributed by atoms with Crippen molar-refractivity contribution in [2.75, 3.05) is 26.7 Å². The van der Waals surface area contributed by atoms with Crippen LogP contribution in [0.1, 0.15) is 22.6 Å². The van der Waals surface area contributed by atoms with Gasteiger partial charge in [-0.2, -0.15) is 0 Å². The maximum atomic E-state index is 12.6. The van der Waals surface area contributed by atoms with Gasteiger partial charge in [-0.05, 0) is 51.8 Å². The monoisotopic (exact) mass is 302 g/mol. The van der Waals surface area contributed by atoms with Crippen molar-refractivity contribution in [1.82, 2.24) is 9.62 Å². The van der Waals surface area contributed by atoms with E-state index in [9.17, 15) is 8.42 Å². The first-order valence-corrected chi connectivity index (χ1v) is 8.91. The largest absolute Gasteiger partial charge is 0.317 e. The standard InChI is InChI=1S/C13H22N2O2S2/c1-10-8-13(11(2)18-10)19(16,17)15(3)9-12-4-6-14-7-5-12/h8,12,14H,4-7,9H2,1-3H3. The molecule has 2 rings (SSSR count). The molecule has 19 heavy (non-hydrogen) atoms. The Morgan fingerprint density at radius 1 is 1.37 bits per heavy atom. The van der Waals surface area contributed by atoms with Crippen LogP contribution < -0.4 is 5.32 Å². The van der Waals surface area contributed by atoms with Gasteiger partial charge in [0.1, 0.15) is 0 Å². The molecule has 6 heteroatoms. The number of nitrogens with zero attached hydrogens (tertiary/aromatic N) is 1. The fourth-order valence-corrected chi connectivity index (χ4v) is 5.32. The fourth-order valence-electron chi connectivity index (χ4n) is 2.56. The average Bonchev–Trinajstić information content (AvgIpc) is 2.70. The minimum absolute atomic E-state index is 0.473. The van der Waals surface area contributed by atoms with Crippen LogP contribution in [0.15, 0.2) is 11.0 Å². The van der Waals surface area contributed by atoms with Crippen molar-refractivity contribution in [1.29, 1.82) is 0 Å². The SMILES string of the molecule is Cc1cc(S(=O)(=O)N(C)CC2CCNCC2)c(C)s1. The lowest BCUT2D eigenvalue weighted by Crippen LogP contribution is -2.37. The summed E-state index contributed by atoms with van der Waals surface area (Å²) >= 11 is 1.54. The summed E-state index contributed by atoms with van der Waals surface area (Å²) in [6.45, 7) is 6.44. The van der Waals surface area contributed by atoms with Gasteiger partial charge in [0.05, 0.1) is 4.90 Å². The van der Waals surface area contributed by atoms with Crippen molar-refractivity contribution < 1.29 is 8.42 Å². The van der Waals surface area contributed by atoms with Gasteiger partial charge >= 0.3 is 0 Å². The third kappa shape index (κ3) is 3.37. The fraction of sp³-hybridized carbons (Fsp3) is 0.692. The highest BCUT2D eigenvalue weighted by Gasteiger charge is 2.27. The van der Waals surface area contributed by atoms with E-state index >= 15 is 0 Å². The lowest BCUT2D eigenvalue weighted by Gasteiger charge is -2.27. The molecule has 0 atom stereocenters. The zero-order chi connectivity index (χ0) is 14.0. The molecule has 0 unspecified atom stereocenters. The highest BCUT2D eigenvalue weighted by Crippen LogP contribution is 2.28. The van der Waals surface area contributed by atoms with Crippen LogP contribution in [-0.4, -0.2) is 39.4 Å². The summed E-state index contributed by atoms with van der Waals surface area (Å²) in [6.07, 6.45) is 2.11. The van der Waals surface area contributed by atoms with Crippen LogP contribution in [-0.2, 0) is 10.0 Å². The van der Waals surface area contributed by atoms with Gasteiger partial charge in [0.2, 0.25) is 10.0 Å². The van der Waals surface area contributed by atoms with E-state index in [4.69, 9.17) is 0 Å². The van der Waals surface area contributed by atoms with Gasteiger partial charge < -0.3 is 5.32 Å². The quantitative estimate of drug-likeness (QED) is 0.925. The minimum atomic E-state index is -3.32. The molecule has 1 aromatic heterocycles. The van der Waals surface area contributed by atoms with Crippen LogP contribution in [0.2, 0.25) is 0 Å². The summed E-state index contributed by atoms with van der Waals surface area (Å²) in [5, 5.41) is 3.30. The second kappa shape index (κ2) is 5.91. The molecule has 1 fully saturated rings. The van der Waals surface area contributed by atoms with Crippen molar-refractivity contribution in [2.24, 2.45) is 5.92 Å². The van der Waals surface area contributed by atoms with Crippen molar-refractivity contribution >= 4 is 21.4 Å². The lowest BCUT2D eigenvalue weighted by molar-refractivity contribution is 0.311. The molecule has 0 aromatic carbocycles. The summed E-state index contributed by atoms with van der Waals surface area (Å²) in [4.78, 5) is 2.41. The van der Waals surface area contributed by atoms with Crippen LogP contribution in [0.25, 0.3) is 0 Å². The van der Waals surface area contributed by atoms with E-state index in [0.29, 0.717) is 17.4 Å². The van der Waals surface area contributed by atoms with Crippen molar-refractivity contribution in [3.8, 4) is 0 Å². The first-order valence-electron chi connectivity index (χ1n) is 6.65. The molecule has 0 saturated carbocycles. The molecule has 0 aliphatic carbocycles. The number of aryl methyl sites for hydroxylation is 2. The molecule has 0 amide bonds. The molecule has 1 N–H and O–H groups in total. The van der Waals surface area contributed by atoms with Gasteiger partial charge in [-0.15, -0.1) is 11.3 Å². The Kier molecular flexibility index (Phi) is 4.66. The van der Waals surface area contributed by atoms with Crippen LogP contribution in [0.5, 0.6) is 0 Å². The predicted octanol–water partition coefficient (Wildman–Crippen LogP) is 1.99. The summed E-state index contributed by atoms with van der Waals surface area (Å²) < 4.78 is 26.6. The Morgan fingerprint density at radius 3 is 2.53 bits per heavy atom. The molecule has 1 saturated heterocycles. The van der Waals surface area contributed by atoms with Crippen LogP contribution in [0.4, 0.5) is 0 Å². The number of sulfonamides is 1. The molecular formula is C13H22N2O2S2. The van der Waals surface area contributed by atoms with Gasteiger partial charge in [-0.1, -0.05) is 0 Å². The average molecular weight is 302 g/mol. The maximum Gasteiger partial charge on any atom is 0.243 e. The van der Waals surface area contributed by atoms with Gasteiger partial charge in [0, 0.05) is 23.3 Å². The number of hydrogen-bond acceptors (Lipinski definition) is 4. The summed E-state index contributed by atoms with van der Waals surface area (Å²) in [5.41, 5.74) is 0. The van der Waals surface area contributed by atoms with Gasteiger partial charge in [0.15, 0.2) is 0 Å². The topological polar surface area (TPSA) is 49.4 Å². The third-order valence-electron chi connectivity index (χ3n) is 3.66. The van der Waals surface area contributed by atoms with E-state index < -0.39 is 10.0 Å². The first-order chi connectivity index (χ1) is 8.91. The summed E-state index contributed by atoms with van der Waals surface area (Å²) in [6, 6.07) is 1.79. The molecule has 108 valence electrons. The van der Waals surface area contributed by atoms with Gasteiger partial charge in [-0.3, -0.25) is 0 Å². The van der Waals surface area contributed by atoms with E-state index in [2.05, 4.69) is 5.32 Å². The molecule has 1 aromatic rings. The van der Waals surface area contributed by atoms with E-state index in [1.165, 1.54) is 4.31 Å². The van der Waals surface area contributed by atoms with Crippen LogP contribution in [0.3, 0.4) is 0 Å². The summed E-state index contributed by atoms with van der Waals surface area (Å²) in [5.74, 6) is 0.473. The van der Waals surface area contributed by atoms with E-state index in [1.54, 1.807) is 24.5 Å². The molecule has 1 aliphatic rings. The van der Waals surface area contributed by atoms with Crippen molar-refractivity contribution in [2.45, 2.75) is 31.6 Å². The molecule has 0 bridgehead atoms. The smallest absolute Gasteiger partial charge is 0.243 e.